The van der Waals surface area contributed by atoms with Gasteiger partial charge in [0.25, 0.3) is 0 Å². The zero-order chi connectivity index (χ0) is 13.8. The number of benzene rings is 1. The second-order valence-corrected chi connectivity index (χ2v) is 5.99. The van der Waals surface area contributed by atoms with E-state index in [-0.39, 0.29) is 11.1 Å². The molecule has 0 bridgehead atoms. The summed E-state index contributed by atoms with van der Waals surface area (Å²) >= 11 is 1.54. The number of halogens is 1. The molecular formula is C13H18FNO2S. The standard InChI is InChI=1S/C13H18FNO2S/c1-9(8-13(2,15-3)12(16)17)18-11-6-4-10(14)5-7-11/h4-7,9,15H,8H2,1-3H3,(H,16,17). The third-order valence-corrected chi connectivity index (χ3v) is 3.98. The maximum atomic E-state index is 12.8. The van der Waals surface area contributed by atoms with Crippen molar-refractivity contribution < 1.29 is 14.3 Å². The van der Waals surface area contributed by atoms with E-state index in [1.54, 1.807) is 37.9 Å². The van der Waals surface area contributed by atoms with Crippen LogP contribution in [0.15, 0.2) is 29.2 Å². The minimum atomic E-state index is -0.938. The SMILES string of the molecule is CNC(C)(CC(C)Sc1ccc(F)cc1)C(=O)O. The quantitative estimate of drug-likeness (QED) is 0.781. The average Bonchev–Trinajstić information content (AvgIpc) is 2.31. The average molecular weight is 271 g/mol. The number of aliphatic carboxylic acids is 1. The van der Waals surface area contributed by atoms with Crippen molar-refractivity contribution >= 4 is 17.7 Å². The zero-order valence-electron chi connectivity index (χ0n) is 10.7. The van der Waals surface area contributed by atoms with Crippen LogP contribution < -0.4 is 5.32 Å². The van der Waals surface area contributed by atoms with E-state index < -0.39 is 11.5 Å². The van der Waals surface area contributed by atoms with E-state index in [0.717, 1.165) is 4.90 Å². The lowest BCUT2D eigenvalue weighted by molar-refractivity contribution is -0.144. The topological polar surface area (TPSA) is 49.3 Å². The molecular weight excluding hydrogens is 253 g/mol. The van der Waals surface area contributed by atoms with Crippen molar-refractivity contribution in [1.29, 1.82) is 0 Å². The van der Waals surface area contributed by atoms with Gasteiger partial charge in [-0.3, -0.25) is 4.79 Å². The molecule has 2 atom stereocenters. The number of likely N-dealkylation sites (N-methyl/N-ethyl adjacent to an activating group) is 1. The largest absolute Gasteiger partial charge is 0.480 e. The maximum absolute atomic E-state index is 12.8. The van der Waals surface area contributed by atoms with Gasteiger partial charge in [0, 0.05) is 10.1 Å². The summed E-state index contributed by atoms with van der Waals surface area (Å²) < 4.78 is 12.8. The number of hydrogen-bond acceptors (Lipinski definition) is 3. The number of rotatable bonds is 6. The number of carboxylic acids is 1. The Hall–Kier alpha value is -1.07. The van der Waals surface area contributed by atoms with Crippen LogP contribution in [0.3, 0.4) is 0 Å². The Morgan fingerprint density at radius 2 is 2.06 bits per heavy atom. The van der Waals surface area contributed by atoms with Gasteiger partial charge in [0.05, 0.1) is 0 Å². The molecule has 0 aliphatic rings. The van der Waals surface area contributed by atoms with Crippen LogP contribution in [0.1, 0.15) is 20.3 Å². The lowest BCUT2D eigenvalue weighted by Gasteiger charge is -2.27. The molecule has 0 spiro atoms. The van der Waals surface area contributed by atoms with Gasteiger partial charge in [0.2, 0.25) is 0 Å². The molecule has 3 nitrogen and oxygen atoms in total. The number of nitrogens with one attached hydrogen (secondary N) is 1. The van der Waals surface area contributed by atoms with Crippen LogP contribution in [0, 0.1) is 5.82 Å². The second-order valence-electron chi connectivity index (χ2n) is 4.47. The van der Waals surface area contributed by atoms with E-state index >= 15 is 0 Å². The molecule has 0 saturated carbocycles. The summed E-state index contributed by atoms with van der Waals surface area (Å²) in [5.74, 6) is -1.13. The zero-order valence-corrected chi connectivity index (χ0v) is 11.6. The lowest BCUT2D eigenvalue weighted by Crippen LogP contribution is -2.49. The smallest absolute Gasteiger partial charge is 0.323 e. The van der Waals surface area contributed by atoms with Crippen molar-refractivity contribution in [3.8, 4) is 0 Å². The molecule has 2 unspecified atom stereocenters. The van der Waals surface area contributed by atoms with Crippen LogP contribution in [-0.2, 0) is 4.79 Å². The highest BCUT2D eigenvalue weighted by atomic mass is 32.2. The summed E-state index contributed by atoms with van der Waals surface area (Å²) in [6.45, 7) is 3.63. The summed E-state index contributed by atoms with van der Waals surface area (Å²) in [4.78, 5) is 12.1. The molecule has 1 rings (SSSR count). The molecule has 0 heterocycles. The summed E-state index contributed by atoms with van der Waals surface area (Å²) in [5, 5.41) is 12.1. The summed E-state index contributed by atoms with van der Waals surface area (Å²) in [6.07, 6.45) is 0.487. The molecule has 0 aromatic heterocycles. The Morgan fingerprint density at radius 1 is 1.50 bits per heavy atom. The predicted octanol–water partition coefficient (Wildman–Crippen LogP) is 2.76. The fraction of sp³-hybridized carbons (Fsp3) is 0.462. The third kappa shape index (κ3) is 3.99. The Labute approximate surface area is 111 Å². The van der Waals surface area contributed by atoms with Gasteiger partial charge in [-0.05, 0) is 44.7 Å². The first-order valence-corrected chi connectivity index (χ1v) is 6.60. The van der Waals surface area contributed by atoms with Gasteiger partial charge in [0.15, 0.2) is 0 Å². The van der Waals surface area contributed by atoms with Crippen molar-refractivity contribution in [1.82, 2.24) is 5.32 Å². The number of carboxylic acid groups (broad SMARTS) is 1. The number of carbonyl (C=O) groups is 1. The monoisotopic (exact) mass is 271 g/mol. The van der Waals surface area contributed by atoms with Crippen LogP contribution in [0.5, 0.6) is 0 Å². The van der Waals surface area contributed by atoms with E-state index in [1.165, 1.54) is 12.1 Å². The molecule has 0 radical (unpaired) electrons. The van der Waals surface area contributed by atoms with E-state index in [9.17, 15) is 9.18 Å². The van der Waals surface area contributed by atoms with Crippen LogP contribution >= 0.6 is 11.8 Å². The molecule has 2 N–H and O–H groups in total. The van der Waals surface area contributed by atoms with E-state index in [0.29, 0.717) is 6.42 Å². The van der Waals surface area contributed by atoms with Crippen molar-refractivity contribution in [2.24, 2.45) is 0 Å². The van der Waals surface area contributed by atoms with Gasteiger partial charge in [-0.15, -0.1) is 11.8 Å². The molecule has 18 heavy (non-hydrogen) atoms. The molecule has 0 aliphatic carbocycles. The van der Waals surface area contributed by atoms with Gasteiger partial charge < -0.3 is 10.4 Å². The van der Waals surface area contributed by atoms with E-state index in [4.69, 9.17) is 5.11 Å². The molecule has 0 fully saturated rings. The Bertz CT molecular complexity index is 410. The lowest BCUT2D eigenvalue weighted by atomic mass is 9.96. The number of thioether (sulfide) groups is 1. The fourth-order valence-electron chi connectivity index (χ4n) is 1.66. The highest BCUT2D eigenvalue weighted by Gasteiger charge is 2.33. The summed E-state index contributed by atoms with van der Waals surface area (Å²) in [7, 11) is 1.64. The van der Waals surface area contributed by atoms with Crippen LogP contribution in [0.25, 0.3) is 0 Å². The minimum absolute atomic E-state index is 0.115. The van der Waals surface area contributed by atoms with Crippen molar-refractivity contribution in [3.63, 3.8) is 0 Å². The second kappa shape index (κ2) is 6.20. The molecule has 0 amide bonds. The van der Waals surface area contributed by atoms with Gasteiger partial charge >= 0.3 is 5.97 Å². The van der Waals surface area contributed by atoms with Crippen molar-refractivity contribution in [3.05, 3.63) is 30.1 Å². The van der Waals surface area contributed by atoms with Crippen LogP contribution in [-0.4, -0.2) is 28.9 Å². The van der Waals surface area contributed by atoms with Gasteiger partial charge in [-0.1, -0.05) is 6.92 Å². The normalized spacial score (nSPS) is 16.0. The maximum Gasteiger partial charge on any atom is 0.323 e. The first kappa shape index (κ1) is 15.0. The van der Waals surface area contributed by atoms with Crippen molar-refractivity contribution in [2.45, 2.75) is 36.0 Å². The van der Waals surface area contributed by atoms with Crippen LogP contribution in [0.2, 0.25) is 0 Å². The van der Waals surface area contributed by atoms with Gasteiger partial charge in [-0.25, -0.2) is 4.39 Å². The molecule has 0 aliphatic heterocycles. The Balaban J connectivity index is 2.63. The fourth-order valence-corrected chi connectivity index (χ4v) is 2.83. The first-order valence-electron chi connectivity index (χ1n) is 5.72. The first-order chi connectivity index (χ1) is 8.37. The Morgan fingerprint density at radius 3 is 2.50 bits per heavy atom. The van der Waals surface area contributed by atoms with E-state index in [2.05, 4.69) is 5.32 Å². The molecule has 100 valence electrons. The highest BCUT2D eigenvalue weighted by Crippen LogP contribution is 2.28. The third-order valence-electron chi connectivity index (χ3n) is 2.87. The minimum Gasteiger partial charge on any atom is -0.480 e. The Kier molecular flexibility index (Phi) is 5.16. The number of hydrogen-bond donors (Lipinski definition) is 2. The highest BCUT2D eigenvalue weighted by molar-refractivity contribution is 7.99. The van der Waals surface area contributed by atoms with Gasteiger partial charge in [0.1, 0.15) is 11.4 Å². The van der Waals surface area contributed by atoms with Crippen molar-refractivity contribution in [2.75, 3.05) is 7.05 Å². The molecule has 5 heteroatoms. The van der Waals surface area contributed by atoms with Crippen LogP contribution in [0.4, 0.5) is 4.39 Å². The summed E-state index contributed by atoms with van der Waals surface area (Å²) in [5.41, 5.74) is -0.938. The predicted molar refractivity (Wildman–Crippen MR) is 71.4 cm³/mol. The molecule has 0 saturated heterocycles. The molecule has 1 aromatic carbocycles. The summed E-state index contributed by atoms with van der Waals surface area (Å²) in [6, 6.07) is 6.22. The molecule has 1 aromatic rings. The van der Waals surface area contributed by atoms with E-state index in [1.807, 2.05) is 6.92 Å². The van der Waals surface area contributed by atoms with Gasteiger partial charge in [-0.2, -0.15) is 0 Å².